The highest BCUT2D eigenvalue weighted by atomic mass is 32.1. The monoisotopic (exact) mass is 497 g/mol. The molecular formula is C26H28FN3O4S. The lowest BCUT2D eigenvalue weighted by Crippen LogP contribution is -2.35. The number of aliphatic carboxylic acids is 1. The summed E-state index contributed by atoms with van der Waals surface area (Å²) in [5, 5.41) is 9.06. The predicted octanol–water partition coefficient (Wildman–Crippen LogP) is 5.65. The minimum atomic E-state index is -1.01. The van der Waals surface area contributed by atoms with Gasteiger partial charge in [-0.15, -0.1) is 0 Å². The maximum absolute atomic E-state index is 15.2. The molecule has 2 heterocycles. The highest BCUT2D eigenvalue weighted by molar-refractivity contribution is 7.14. The SMILES string of the molecule is COc1ccc(-c2ccccc2-c2nc(N(C)C(=O)[C@@H](CC(=O)O)CC3CCCC3)sc2F)cn1. The van der Waals surface area contributed by atoms with Crippen molar-refractivity contribution in [3.05, 3.63) is 47.7 Å². The van der Waals surface area contributed by atoms with Crippen molar-refractivity contribution in [3.8, 4) is 28.3 Å². The van der Waals surface area contributed by atoms with Gasteiger partial charge in [0.2, 0.25) is 16.9 Å². The lowest BCUT2D eigenvalue weighted by atomic mass is 9.90. The van der Waals surface area contributed by atoms with Gasteiger partial charge in [-0.1, -0.05) is 61.3 Å². The van der Waals surface area contributed by atoms with Crippen LogP contribution in [0.3, 0.4) is 0 Å². The molecule has 9 heteroatoms. The molecule has 35 heavy (non-hydrogen) atoms. The Morgan fingerprint density at radius 1 is 1.20 bits per heavy atom. The minimum Gasteiger partial charge on any atom is -0.481 e. The van der Waals surface area contributed by atoms with Crippen LogP contribution in [0.1, 0.15) is 38.5 Å². The number of anilines is 1. The number of amides is 1. The van der Waals surface area contributed by atoms with Crippen LogP contribution in [0.4, 0.5) is 9.52 Å². The van der Waals surface area contributed by atoms with Crippen LogP contribution < -0.4 is 9.64 Å². The predicted molar refractivity (Wildman–Crippen MR) is 133 cm³/mol. The van der Waals surface area contributed by atoms with E-state index in [0.29, 0.717) is 23.8 Å². The Balaban J connectivity index is 1.61. The summed E-state index contributed by atoms with van der Waals surface area (Å²) in [6, 6.07) is 10.9. The zero-order valence-corrected chi connectivity index (χ0v) is 20.6. The molecule has 1 fully saturated rings. The molecule has 3 aromatic rings. The molecule has 0 bridgehead atoms. The first-order chi connectivity index (χ1) is 16.9. The minimum absolute atomic E-state index is 0.140. The Kier molecular flexibility index (Phi) is 7.75. The van der Waals surface area contributed by atoms with Crippen molar-refractivity contribution in [2.24, 2.45) is 11.8 Å². The van der Waals surface area contributed by atoms with E-state index in [2.05, 4.69) is 9.97 Å². The molecular weight excluding hydrogens is 469 g/mol. The van der Waals surface area contributed by atoms with Gasteiger partial charge in [-0.25, -0.2) is 9.97 Å². The van der Waals surface area contributed by atoms with Gasteiger partial charge in [0.15, 0.2) is 5.13 Å². The van der Waals surface area contributed by atoms with Crippen LogP contribution in [-0.4, -0.2) is 41.1 Å². The number of aromatic nitrogens is 2. The van der Waals surface area contributed by atoms with Gasteiger partial charge < -0.3 is 9.84 Å². The summed E-state index contributed by atoms with van der Waals surface area (Å²) in [6.45, 7) is 0. The standard InChI is InChI=1S/C26H28FN3O4S/c1-30(25(33)18(14-22(31)32)13-16-7-3-4-8-16)26-29-23(24(27)35-26)20-10-6-5-9-19(20)17-11-12-21(34-2)28-15-17/h5-6,9-12,15-16,18H,3-4,7-8,13-14H2,1-2H3,(H,31,32)/t18-/m1/s1. The van der Waals surface area contributed by atoms with Crippen molar-refractivity contribution in [1.82, 2.24) is 9.97 Å². The van der Waals surface area contributed by atoms with E-state index in [1.807, 2.05) is 18.2 Å². The molecule has 184 valence electrons. The Bertz CT molecular complexity index is 1190. The molecule has 7 nitrogen and oxygen atoms in total. The molecule has 0 saturated heterocycles. The number of hydrogen-bond acceptors (Lipinski definition) is 6. The lowest BCUT2D eigenvalue weighted by Gasteiger charge is -2.23. The Morgan fingerprint density at radius 2 is 1.91 bits per heavy atom. The summed E-state index contributed by atoms with van der Waals surface area (Å²) in [4.78, 5) is 34.7. The van der Waals surface area contributed by atoms with Crippen molar-refractivity contribution in [2.45, 2.75) is 38.5 Å². The topological polar surface area (TPSA) is 92.6 Å². The van der Waals surface area contributed by atoms with Gasteiger partial charge >= 0.3 is 5.97 Å². The van der Waals surface area contributed by atoms with Gasteiger partial charge in [0.1, 0.15) is 5.69 Å². The third-order valence-electron chi connectivity index (χ3n) is 6.49. The zero-order valence-electron chi connectivity index (χ0n) is 19.7. The summed E-state index contributed by atoms with van der Waals surface area (Å²) in [6.07, 6.45) is 6.19. The first-order valence-corrected chi connectivity index (χ1v) is 12.4. The molecule has 0 spiro atoms. The first-order valence-electron chi connectivity index (χ1n) is 11.6. The van der Waals surface area contributed by atoms with Gasteiger partial charge in [0.25, 0.3) is 0 Å². The summed E-state index contributed by atoms with van der Waals surface area (Å²) < 4.78 is 20.3. The largest absolute Gasteiger partial charge is 0.481 e. The second kappa shape index (κ2) is 10.9. The first kappa shape index (κ1) is 24.8. The number of halogens is 1. The number of carbonyl (C=O) groups is 2. The average molecular weight is 498 g/mol. The summed E-state index contributed by atoms with van der Waals surface area (Å²) in [7, 11) is 3.07. The molecule has 4 rings (SSSR count). The number of nitrogens with zero attached hydrogens (tertiary/aromatic N) is 3. The van der Waals surface area contributed by atoms with E-state index in [9.17, 15) is 14.7 Å². The van der Waals surface area contributed by atoms with Gasteiger partial charge in [0.05, 0.1) is 13.5 Å². The fourth-order valence-electron chi connectivity index (χ4n) is 4.70. The van der Waals surface area contributed by atoms with E-state index in [-0.39, 0.29) is 23.2 Å². The smallest absolute Gasteiger partial charge is 0.304 e. The van der Waals surface area contributed by atoms with Crippen molar-refractivity contribution < 1.29 is 23.8 Å². The number of benzene rings is 1. The maximum atomic E-state index is 15.2. The third kappa shape index (κ3) is 5.67. The van der Waals surface area contributed by atoms with Gasteiger partial charge in [-0.3, -0.25) is 14.5 Å². The van der Waals surface area contributed by atoms with Crippen molar-refractivity contribution in [3.63, 3.8) is 0 Å². The Morgan fingerprint density at radius 3 is 2.54 bits per heavy atom. The molecule has 0 unspecified atom stereocenters. The number of carbonyl (C=O) groups excluding carboxylic acids is 1. The molecule has 0 aliphatic heterocycles. The van der Waals surface area contributed by atoms with Crippen LogP contribution in [-0.2, 0) is 9.59 Å². The van der Waals surface area contributed by atoms with Gasteiger partial charge in [0, 0.05) is 36.4 Å². The molecule has 1 atom stereocenters. The highest BCUT2D eigenvalue weighted by Gasteiger charge is 2.31. The Labute approximate surface area is 207 Å². The summed E-state index contributed by atoms with van der Waals surface area (Å²) >= 11 is 0.779. The number of carboxylic acids is 1. The van der Waals surface area contributed by atoms with E-state index in [4.69, 9.17) is 4.74 Å². The van der Waals surface area contributed by atoms with E-state index < -0.39 is 17.0 Å². The quantitative estimate of drug-likeness (QED) is 0.410. The molecule has 2 aromatic heterocycles. The van der Waals surface area contributed by atoms with Gasteiger partial charge in [-0.05, 0) is 24.0 Å². The summed E-state index contributed by atoms with van der Waals surface area (Å²) in [5.41, 5.74) is 2.24. The molecule has 1 aliphatic rings. The maximum Gasteiger partial charge on any atom is 0.304 e. The number of carboxylic acid groups (broad SMARTS) is 1. The summed E-state index contributed by atoms with van der Waals surface area (Å²) in [5.74, 6) is -1.18. The Hall–Kier alpha value is -3.33. The molecule has 1 aromatic carbocycles. The highest BCUT2D eigenvalue weighted by Crippen LogP contribution is 2.38. The normalized spacial score (nSPS) is 14.6. The molecule has 1 saturated carbocycles. The van der Waals surface area contributed by atoms with Crippen LogP contribution in [0.2, 0.25) is 0 Å². The average Bonchev–Trinajstić information content (AvgIpc) is 3.52. The number of ether oxygens (including phenoxy) is 1. The molecule has 0 radical (unpaired) electrons. The van der Waals surface area contributed by atoms with E-state index >= 15 is 4.39 Å². The van der Waals surface area contributed by atoms with Crippen LogP contribution in [0.5, 0.6) is 5.88 Å². The van der Waals surface area contributed by atoms with Crippen LogP contribution in [0.15, 0.2) is 42.6 Å². The zero-order chi connectivity index (χ0) is 24.9. The lowest BCUT2D eigenvalue weighted by molar-refractivity contribution is -0.140. The van der Waals surface area contributed by atoms with E-state index in [1.165, 1.54) is 19.1 Å². The fraction of sp³-hybridized carbons (Fsp3) is 0.385. The number of hydrogen-bond donors (Lipinski definition) is 1. The number of rotatable bonds is 9. The number of thiazole rings is 1. The van der Waals surface area contributed by atoms with Gasteiger partial charge in [-0.2, -0.15) is 4.39 Å². The van der Waals surface area contributed by atoms with E-state index in [0.717, 1.165) is 48.1 Å². The molecule has 1 aliphatic carbocycles. The second-order valence-corrected chi connectivity index (χ2v) is 9.76. The fourth-order valence-corrected chi connectivity index (χ4v) is 5.48. The second-order valence-electron chi connectivity index (χ2n) is 8.83. The number of methoxy groups -OCH3 is 1. The molecule has 1 amide bonds. The van der Waals surface area contributed by atoms with Crippen LogP contribution in [0, 0.1) is 17.0 Å². The van der Waals surface area contributed by atoms with Crippen molar-refractivity contribution in [2.75, 3.05) is 19.1 Å². The van der Waals surface area contributed by atoms with Crippen LogP contribution in [0.25, 0.3) is 22.4 Å². The van der Waals surface area contributed by atoms with Crippen LogP contribution >= 0.6 is 11.3 Å². The molecule has 1 N–H and O–H groups in total. The van der Waals surface area contributed by atoms with E-state index in [1.54, 1.807) is 24.4 Å². The number of pyridine rings is 1. The van der Waals surface area contributed by atoms with Crippen molar-refractivity contribution in [1.29, 1.82) is 0 Å². The van der Waals surface area contributed by atoms with Crippen molar-refractivity contribution >= 4 is 28.3 Å². The third-order valence-corrected chi connectivity index (χ3v) is 7.41.